The summed E-state index contributed by atoms with van der Waals surface area (Å²) in [6.07, 6.45) is 2.69. The number of benzene rings is 1. The molecule has 29 heavy (non-hydrogen) atoms. The molecule has 3 aromatic rings. The third-order valence-electron chi connectivity index (χ3n) is 3.81. The summed E-state index contributed by atoms with van der Waals surface area (Å²) in [7, 11) is 1.44. The zero-order chi connectivity index (χ0) is 20.8. The second-order valence-electron chi connectivity index (χ2n) is 5.80. The Morgan fingerprint density at radius 2 is 1.90 bits per heavy atom. The molecule has 0 unspecified atom stereocenters. The number of pyridine rings is 1. The molecule has 0 spiro atoms. The molecule has 3 N–H and O–H groups in total. The fourth-order valence-corrected chi connectivity index (χ4v) is 2.48. The van der Waals surface area contributed by atoms with E-state index in [2.05, 4.69) is 31.1 Å². The van der Waals surface area contributed by atoms with E-state index in [4.69, 9.17) is 4.74 Å². The Labute approximate surface area is 165 Å². The lowest BCUT2D eigenvalue weighted by molar-refractivity contribution is -0.383. The second kappa shape index (κ2) is 8.61. The fourth-order valence-electron chi connectivity index (χ4n) is 2.48. The summed E-state index contributed by atoms with van der Waals surface area (Å²) in [5.41, 5.74) is 5.57. The molecule has 2 heterocycles. The third kappa shape index (κ3) is 4.53. The summed E-state index contributed by atoms with van der Waals surface area (Å²) < 4.78 is 5.14. The number of ether oxygens (including phenoxy) is 1. The van der Waals surface area contributed by atoms with E-state index < -0.39 is 16.5 Å². The van der Waals surface area contributed by atoms with E-state index in [0.29, 0.717) is 11.6 Å². The molecule has 1 amide bonds. The number of nitrogens with one attached hydrogen (secondary N) is 3. The minimum atomic E-state index is -0.657. The van der Waals surface area contributed by atoms with Crippen LogP contribution in [0.5, 0.6) is 5.75 Å². The van der Waals surface area contributed by atoms with Crippen LogP contribution in [-0.2, 0) is 0 Å². The Morgan fingerprint density at radius 1 is 1.14 bits per heavy atom. The molecular formula is C18H17N7O4. The normalized spacial score (nSPS) is 10.1. The molecule has 0 radical (unpaired) electrons. The monoisotopic (exact) mass is 395 g/mol. The number of aryl methyl sites for hydroxylation is 1. The molecule has 0 atom stereocenters. The van der Waals surface area contributed by atoms with Crippen LogP contribution in [0.15, 0.2) is 48.9 Å². The van der Waals surface area contributed by atoms with Gasteiger partial charge in [-0.2, -0.15) is 0 Å². The average Bonchev–Trinajstić information content (AvgIpc) is 2.71. The number of hydrazine groups is 1. The molecule has 2 aromatic heterocycles. The number of aromatic nitrogens is 3. The Balaban J connectivity index is 1.84. The van der Waals surface area contributed by atoms with Crippen molar-refractivity contribution in [3.05, 3.63) is 70.2 Å². The van der Waals surface area contributed by atoms with E-state index in [9.17, 15) is 14.9 Å². The smallest absolute Gasteiger partial charge is 0.355 e. The number of nitrogens with zero attached hydrogens (tertiary/aromatic N) is 4. The van der Waals surface area contributed by atoms with Gasteiger partial charge >= 0.3 is 5.69 Å². The average molecular weight is 395 g/mol. The van der Waals surface area contributed by atoms with Crippen LogP contribution in [0, 0.1) is 17.0 Å². The van der Waals surface area contributed by atoms with Crippen molar-refractivity contribution < 1.29 is 14.5 Å². The van der Waals surface area contributed by atoms with Gasteiger partial charge < -0.3 is 10.1 Å². The lowest BCUT2D eigenvalue weighted by atomic mass is 10.2. The highest BCUT2D eigenvalue weighted by atomic mass is 16.6. The zero-order valence-corrected chi connectivity index (χ0v) is 15.5. The van der Waals surface area contributed by atoms with Crippen LogP contribution in [0.1, 0.15) is 15.9 Å². The Hall–Kier alpha value is -4.28. The number of para-hydroxylation sites is 1. The Bertz CT molecular complexity index is 1060. The number of anilines is 3. The van der Waals surface area contributed by atoms with E-state index in [1.165, 1.54) is 7.11 Å². The maximum atomic E-state index is 12.4. The topological polar surface area (TPSA) is 144 Å². The summed E-state index contributed by atoms with van der Waals surface area (Å²) >= 11 is 0. The van der Waals surface area contributed by atoms with Crippen LogP contribution in [0.3, 0.4) is 0 Å². The number of nitro groups is 1. The van der Waals surface area contributed by atoms with E-state index in [1.807, 2.05) is 6.92 Å². The number of carbonyl (C=O) groups is 1. The van der Waals surface area contributed by atoms with Gasteiger partial charge in [-0.15, -0.1) is 0 Å². The van der Waals surface area contributed by atoms with Gasteiger partial charge in [0.15, 0.2) is 0 Å². The third-order valence-corrected chi connectivity index (χ3v) is 3.81. The summed E-state index contributed by atoms with van der Waals surface area (Å²) in [4.78, 5) is 35.2. The summed E-state index contributed by atoms with van der Waals surface area (Å²) in [5, 5.41) is 14.4. The van der Waals surface area contributed by atoms with Gasteiger partial charge in [0.05, 0.1) is 17.6 Å². The Kier molecular flexibility index (Phi) is 5.78. The predicted octanol–water partition coefficient (Wildman–Crippen LogP) is 2.60. The van der Waals surface area contributed by atoms with Crippen molar-refractivity contribution in [3.8, 4) is 5.75 Å². The first-order valence-corrected chi connectivity index (χ1v) is 8.38. The summed E-state index contributed by atoms with van der Waals surface area (Å²) in [6.45, 7) is 1.86. The Morgan fingerprint density at radius 3 is 2.62 bits per heavy atom. The van der Waals surface area contributed by atoms with Crippen LogP contribution >= 0.6 is 0 Å². The van der Waals surface area contributed by atoms with Gasteiger partial charge in [0.25, 0.3) is 5.91 Å². The molecule has 0 saturated heterocycles. The maximum Gasteiger partial charge on any atom is 0.355 e. The first-order chi connectivity index (χ1) is 14.0. The van der Waals surface area contributed by atoms with Crippen LogP contribution in [0.2, 0.25) is 0 Å². The standard InChI is InChI=1S/C18H17N7O4/c1-11-7-8-19-14(9-11)22-16-15(25(27)28)17(21-10-20-16)23-24-18(26)12-5-3-4-6-13(12)29-2/h3-10H,1-2H3,(H,24,26)(H2,19,20,21,22,23). The molecular weight excluding hydrogens is 378 g/mol. The quantitative estimate of drug-likeness (QED) is 0.406. The van der Waals surface area contributed by atoms with Crippen molar-refractivity contribution in [1.29, 1.82) is 0 Å². The van der Waals surface area contributed by atoms with Gasteiger partial charge in [-0.05, 0) is 36.8 Å². The van der Waals surface area contributed by atoms with Crippen LogP contribution in [-0.4, -0.2) is 32.9 Å². The fraction of sp³-hybridized carbons (Fsp3) is 0.111. The molecule has 0 aliphatic heterocycles. The molecule has 11 nitrogen and oxygen atoms in total. The lowest BCUT2D eigenvalue weighted by Crippen LogP contribution is -2.30. The maximum absolute atomic E-state index is 12.4. The highest BCUT2D eigenvalue weighted by Crippen LogP contribution is 2.30. The zero-order valence-electron chi connectivity index (χ0n) is 15.5. The molecule has 3 rings (SSSR count). The van der Waals surface area contributed by atoms with E-state index in [0.717, 1.165) is 11.9 Å². The SMILES string of the molecule is COc1ccccc1C(=O)NNc1ncnc(Nc2cc(C)ccn2)c1[N+](=O)[O-]. The van der Waals surface area contributed by atoms with Gasteiger partial charge in [0, 0.05) is 6.20 Å². The number of amides is 1. The summed E-state index contributed by atoms with van der Waals surface area (Å²) in [6, 6.07) is 10.1. The van der Waals surface area contributed by atoms with Crippen molar-refractivity contribution >= 4 is 29.0 Å². The van der Waals surface area contributed by atoms with Crippen LogP contribution < -0.4 is 20.9 Å². The van der Waals surface area contributed by atoms with Crippen molar-refractivity contribution in [1.82, 2.24) is 20.4 Å². The van der Waals surface area contributed by atoms with Crippen molar-refractivity contribution in [2.24, 2.45) is 0 Å². The van der Waals surface area contributed by atoms with E-state index >= 15 is 0 Å². The number of hydrogen-bond donors (Lipinski definition) is 3. The first-order valence-electron chi connectivity index (χ1n) is 8.38. The molecule has 0 saturated carbocycles. The van der Waals surface area contributed by atoms with Gasteiger partial charge in [0.1, 0.15) is 17.9 Å². The van der Waals surface area contributed by atoms with E-state index in [1.54, 1.807) is 42.6 Å². The molecule has 0 bridgehead atoms. The summed E-state index contributed by atoms with van der Waals surface area (Å²) in [5.74, 6) is -0.0709. The highest BCUT2D eigenvalue weighted by molar-refractivity contribution is 5.97. The minimum absolute atomic E-state index is 0.0721. The van der Waals surface area contributed by atoms with Crippen LogP contribution in [0.25, 0.3) is 0 Å². The van der Waals surface area contributed by atoms with E-state index in [-0.39, 0.29) is 17.2 Å². The van der Waals surface area contributed by atoms with Gasteiger partial charge in [-0.25, -0.2) is 15.0 Å². The molecule has 11 heteroatoms. The molecule has 0 aliphatic carbocycles. The van der Waals surface area contributed by atoms with Gasteiger partial charge in [-0.3, -0.25) is 25.8 Å². The predicted molar refractivity (Wildman–Crippen MR) is 105 cm³/mol. The molecule has 0 fully saturated rings. The first kappa shape index (κ1) is 19.5. The molecule has 148 valence electrons. The minimum Gasteiger partial charge on any atom is -0.496 e. The van der Waals surface area contributed by atoms with Crippen molar-refractivity contribution in [2.75, 3.05) is 17.9 Å². The lowest BCUT2D eigenvalue weighted by Gasteiger charge is -2.12. The number of rotatable bonds is 7. The van der Waals surface area contributed by atoms with Crippen molar-refractivity contribution in [2.45, 2.75) is 6.92 Å². The van der Waals surface area contributed by atoms with Crippen LogP contribution in [0.4, 0.5) is 23.1 Å². The number of methoxy groups -OCH3 is 1. The second-order valence-corrected chi connectivity index (χ2v) is 5.80. The van der Waals surface area contributed by atoms with Crippen molar-refractivity contribution in [3.63, 3.8) is 0 Å². The van der Waals surface area contributed by atoms with Gasteiger partial charge in [-0.1, -0.05) is 12.1 Å². The molecule has 0 aliphatic rings. The number of hydrogen-bond acceptors (Lipinski definition) is 9. The number of carbonyl (C=O) groups excluding carboxylic acids is 1. The largest absolute Gasteiger partial charge is 0.496 e. The highest BCUT2D eigenvalue weighted by Gasteiger charge is 2.24. The molecule has 1 aromatic carbocycles. The van der Waals surface area contributed by atoms with Gasteiger partial charge in [0.2, 0.25) is 11.6 Å².